The summed E-state index contributed by atoms with van der Waals surface area (Å²) in [4.78, 5) is 15.2. The number of Topliss-reactive ketones (excluding diaryl/α,β-unsaturated/α-hetero) is 1. The van der Waals surface area contributed by atoms with Crippen LogP contribution in [0.4, 0.5) is 0 Å². The lowest BCUT2D eigenvalue weighted by Gasteiger charge is -2.13. The first-order chi connectivity index (χ1) is 5.04. The van der Waals surface area contributed by atoms with Gasteiger partial charge in [0.25, 0.3) is 0 Å². The average Bonchev–Trinajstić information content (AvgIpc) is 1.97. The van der Waals surface area contributed by atoms with Crippen molar-refractivity contribution in [3.8, 4) is 0 Å². The quantitative estimate of drug-likeness (QED) is 0.540. The molecule has 0 amide bonds. The van der Waals surface area contributed by atoms with Gasteiger partial charge in [0.2, 0.25) is 0 Å². The number of ketones is 1. The Morgan fingerprint density at radius 3 is 2.55 bits per heavy atom. The van der Waals surface area contributed by atoms with Crippen molar-refractivity contribution in [2.75, 3.05) is 0 Å². The van der Waals surface area contributed by atoms with Crippen LogP contribution in [0.3, 0.4) is 0 Å². The SMILES string of the molecule is CC1=NC(C)=C(Cl)C(=O)[C@@H]1Cl. The Morgan fingerprint density at radius 2 is 2.00 bits per heavy atom. The zero-order valence-corrected chi connectivity index (χ0v) is 7.70. The molecule has 0 aromatic carbocycles. The highest BCUT2D eigenvalue weighted by molar-refractivity contribution is 6.54. The summed E-state index contributed by atoms with van der Waals surface area (Å²) in [5, 5.41) is -0.526. The summed E-state index contributed by atoms with van der Waals surface area (Å²) < 4.78 is 0. The van der Waals surface area contributed by atoms with Crippen molar-refractivity contribution < 1.29 is 4.79 Å². The lowest BCUT2D eigenvalue weighted by molar-refractivity contribution is -0.113. The molecule has 0 aromatic rings. The summed E-state index contributed by atoms with van der Waals surface area (Å²) in [7, 11) is 0. The maximum absolute atomic E-state index is 11.1. The number of hydrogen-bond donors (Lipinski definition) is 0. The number of allylic oxidation sites excluding steroid dienone is 2. The molecule has 0 saturated heterocycles. The van der Waals surface area contributed by atoms with Gasteiger partial charge in [-0.25, -0.2) is 0 Å². The first-order valence-corrected chi connectivity index (χ1v) is 3.95. The highest BCUT2D eigenvalue weighted by Gasteiger charge is 2.26. The second-order valence-electron chi connectivity index (χ2n) is 2.38. The summed E-state index contributed by atoms with van der Waals surface area (Å²) >= 11 is 11.3. The van der Waals surface area contributed by atoms with Gasteiger partial charge in [-0.15, -0.1) is 11.6 Å². The van der Waals surface area contributed by atoms with Crippen LogP contribution in [0, 0.1) is 0 Å². The molecule has 1 aliphatic rings. The number of alkyl halides is 1. The van der Waals surface area contributed by atoms with Crippen molar-refractivity contribution in [1.82, 2.24) is 0 Å². The summed E-state index contributed by atoms with van der Waals surface area (Å²) in [6, 6.07) is 0. The van der Waals surface area contributed by atoms with E-state index in [1.807, 2.05) is 0 Å². The molecule has 60 valence electrons. The largest absolute Gasteiger partial charge is 0.291 e. The van der Waals surface area contributed by atoms with Gasteiger partial charge in [-0.05, 0) is 13.8 Å². The highest BCUT2D eigenvalue weighted by atomic mass is 35.5. The Bertz CT molecular complexity index is 266. The minimum atomic E-state index is -0.675. The molecular weight excluding hydrogens is 185 g/mol. The molecule has 1 heterocycles. The van der Waals surface area contributed by atoms with E-state index in [2.05, 4.69) is 4.99 Å². The third-order valence-electron chi connectivity index (χ3n) is 1.48. The number of carbonyl (C=O) groups excluding carboxylic acids is 1. The first kappa shape index (κ1) is 8.75. The molecule has 0 spiro atoms. The number of carbonyl (C=O) groups is 1. The van der Waals surface area contributed by atoms with Crippen LogP contribution in [-0.4, -0.2) is 16.9 Å². The molecule has 4 heteroatoms. The summed E-state index contributed by atoms with van der Waals surface area (Å²) in [6.45, 7) is 3.40. The van der Waals surface area contributed by atoms with Crippen LogP contribution in [0.25, 0.3) is 0 Å². The smallest absolute Gasteiger partial charge is 0.199 e. The fourth-order valence-corrected chi connectivity index (χ4v) is 1.21. The fraction of sp³-hybridized carbons (Fsp3) is 0.429. The van der Waals surface area contributed by atoms with Crippen molar-refractivity contribution in [2.45, 2.75) is 19.2 Å². The van der Waals surface area contributed by atoms with Crippen molar-refractivity contribution in [3.63, 3.8) is 0 Å². The molecule has 2 nitrogen and oxygen atoms in total. The van der Waals surface area contributed by atoms with Gasteiger partial charge in [-0.2, -0.15) is 0 Å². The molecule has 0 radical (unpaired) electrons. The zero-order chi connectivity index (χ0) is 8.59. The van der Waals surface area contributed by atoms with E-state index >= 15 is 0 Å². The topological polar surface area (TPSA) is 29.4 Å². The van der Waals surface area contributed by atoms with Crippen molar-refractivity contribution in [3.05, 3.63) is 10.7 Å². The molecule has 11 heavy (non-hydrogen) atoms. The van der Waals surface area contributed by atoms with Crippen LogP contribution >= 0.6 is 23.2 Å². The summed E-state index contributed by atoms with van der Waals surface area (Å²) in [6.07, 6.45) is 0. The Balaban J connectivity index is 3.11. The Hall–Kier alpha value is -0.340. The van der Waals surface area contributed by atoms with Gasteiger partial charge >= 0.3 is 0 Å². The third kappa shape index (κ3) is 1.47. The van der Waals surface area contributed by atoms with Crippen LogP contribution in [0.5, 0.6) is 0 Å². The van der Waals surface area contributed by atoms with Gasteiger partial charge in [0, 0.05) is 5.71 Å². The number of nitrogens with zero attached hydrogens (tertiary/aromatic N) is 1. The summed E-state index contributed by atoms with van der Waals surface area (Å²) in [5.74, 6) is -0.252. The third-order valence-corrected chi connectivity index (χ3v) is 2.45. The molecule has 1 aliphatic heterocycles. The van der Waals surface area contributed by atoms with Crippen molar-refractivity contribution in [2.24, 2.45) is 4.99 Å². The molecule has 0 aliphatic carbocycles. The Morgan fingerprint density at radius 1 is 1.45 bits per heavy atom. The standard InChI is InChI=1S/C7H7Cl2NO/c1-3-5(8)7(11)6(9)4(2)10-3/h5H,1-2H3/t5-/m1/s1. The van der Waals surface area contributed by atoms with E-state index < -0.39 is 5.38 Å². The molecular formula is C7H7Cl2NO. The molecule has 0 N–H and O–H groups in total. The van der Waals surface area contributed by atoms with Crippen molar-refractivity contribution in [1.29, 1.82) is 0 Å². The van der Waals surface area contributed by atoms with Crippen LogP contribution in [0.1, 0.15) is 13.8 Å². The number of rotatable bonds is 0. The van der Waals surface area contributed by atoms with Crippen LogP contribution in [-0.2, 0) is 4.79 Å². The molecule has 0 unspecified atom stereocenters. The fourth-order valence-electron chi connectivity index (χ4n) is 0.850. The molecule has 0 aromatic heterocycles. The van der Waals surface area contributed by atoms with Gasteiger partial charge in [0.05, 0.1) is 5.70 Å². The van der Waals surface area contributed by atoms with Gasteiger partial charge in [0.15, 0.2) is 5.78 Å². The predicted octanol–water partition coefficient (Wildman–Crippen LogP) is 2.11. The Labute approximate surface area is 74.9 Å². The average molecular weight is 192 g/mol. The minimum absolute atomic E-state index is 0.149. The summed E-state index contributed by atoms with van der Waals surface area (Å²) in [5.41, 5.74) is 1.16. The first-order valence-electron chi connectivity index (χ1n) is 3.14. The van der Waals surface area contributed by atoms with Gasteiger partial charge in [-0.3, -0.25) is 9.79 Å². The zero-order valence-electron chi connectivity index (χ0n) is 6.19. The maximum atomic E-state index is 11.1. The molecule has 0 fully saturated rings. The molecule has 0 saturated carbocycles. The number of aliphatic imine (C=N–C) groups is 1. The van der Waals surface area contributed by atoms with Gasteiger partial charge < -0.3 is 0 Å². The second-order valence-corrected chi connectivity index (χ2v) is 3.19. The molecule has 1 rings (SSSR count). The Kier molecular flexibility index (Phi) is 2.35. The van der Waals surface area contributed by atoms with E-state index in [0.29, 0.717) is 11.4 Å². The molecule has 0 bridgehead atoms. The van der Waals surface area contributed by atoms with E-state index in [0.717, 1.165) is 0 Å². The predicted molar refractivity (Wildman–Crippen MR) is 46.3 cm³/mol. The lowest BCUT2D eigenvalue weighted by atomic mass is 10.1. The normalized spacial score (nSPS) is 25.6. The van der Waals surface area contributed by atoms with Crippen molar-refractivity contribution >= 4 is 34.7 Å². The van der Waals surface area contributed by atoms with Gasteiger partial charge in [-0.1, -0.05) is 11.6 Å². The van der Waals surface area contributed by atoms with E-state index in [1.54, 1.807) is 13.8 Å². The lowest BCUT2D eigenvalue weighted by Crippen LogP contribution is -2.26. The maximum Gasteiger partial charge on any atom is 0.199 e. The highest BCUT2D eigenvalue weighted by Crippen LogP contribution is 2.22. The van der Waals surface area contributed by atoms with E-state index in [9.17, 15) is 4.79 Å². The van der Waals surface area contributed by atoms with Gasteiger partial charge in [0.1, 0.15) is 10.4 Å². The van der Waals surface area contributed by atoms with Crippen LogP contribution in [0.15, 0.2) is 15.7 Å². The number of halogens is 2. The van der Waals surface area contributed by atoms with E-state index in [-0.39, 0.29) is 10.8 Å². The minimum Gasteiger partial charge on any atom is -0.291 e. The second kappa shape index (κ2) is 2.95. The van der Waals surface area contributed by atoms with E-state index in [4.69, 9.17) is 23.2 Å². The number of hydrogen-bond acceptors (Lipinski definition) is 2. The van der Waals surface area contributed by atoms with Crippen LogP contribution in [0.2, 0.25) is 0 Å². The monoisotopic (exact) mass is 191 g/mol. The van der Waals surface area contributed by atoms with E-state index in [1.165, 1.54) is 0 Å². The molecule has 1 atom stereocenters. The van der Waals surface area contributed by atoms with Crippen LogP contribution < -0.4 is 0 Å².